The van der Waals surface area contributed by atoms with Gasteiger partial charge in [0.05, 0.1) is 5.69 Å². The Morgan fingerprint density at radius 3 is 2.71 bits per heavy atom. The number of pyridine rings is 2. The third kappa shape index (κ3) is 1.45. The fraction of sp³-hybridized carbons (Fsp3) is 0.0769. The Bertz CT molecular complexity index is 670. The second-order valence-corrected chi connectivity index (χ2v) is 3.92. The number of aryl methyl sites for hydroxylation is 1. The topological polar surface area (TPSA) is 56.2 Å². The van der Waals surface area contributed by atoms with Crippen molar-refractivity contribution in [2.75, 3.05) is 5.73 Å². The highest BCUT2D eigenvalue weighted by Gasteiger charge is 2.12. The van der Waals surface area contributed by atoms with E-state index >= 15 is 0 Å². The molecule has 0 aliphatic rings. The molecule has 3 aromatic rings. The number of nitrogens with zero attached hydrogens (tertiary/aromatic N) is 3. The van der Waals surface area contributed by atoms with Crippen molar-refractivity contribution < 1.29 is 0 Å². The number of nitrogens with two attached hydrogens (primary N) is 1. The van der Waals surface area contributed by atoms with Crippen LogP contribution in [0.1, 0.15) is 5.69 Å². The van der Waals surface area contributed by atoms with Gasteiger partial charge in [-0.05, 0) is 31.2 Å². The van der Waals surface area contributed by atoms with Crippen LogP contribution in [0.4, 0.5) is 5.82 Å². The highest BCUT2D eigenvalue weighted by atomic mass is 15.1. The minimum Gasteiger partial charge on any atom is -0.383 e. The van der Waals surface area contributed by atoms with Crippen molar-refractivity contribution in [3.63, 3.8) is 0 Å². The van der Waals surface area contributed by atoms with Gasteiger partial charge in [-0.15, -0.1) is 0 Å². The maximum absolute atomic E-state index is 6.13. The van der Waals surface area contributed by atoms with E-state index in [9.17, 15) is 0 Å². The SMILES string of the molecule is Cc1cccc2nc(-c3ccccn3)c(N)n12. The number of rotatable bonds is 1. The molecule has 0 saturated carbocycles. The number of hydrogen-bond donors (Lipinski definition) is 1. The van der Waals surface area contributed by atoms with Gasteiger partial charge >= 0.3 is 0 Å². The van der Waals surface area contributed by atoms with Crippen molar-refractivity contribution in [2.45, 2.75) is 6.92 Å². The van der Waals surface area contributed by atoms with Gasteiger partial charge in [-0.3, -0.25) is 9.38 Å². The largest absolute Gasteiger partial charge is 0.383 e. The molecule has 0 aliphatic carbocycles. The summed E-state index contributed by atoms with van der Waals surface area (Å²) in [5.74, 6) is 0.636. The van der Waals surface area contributed by atoms with E-state index in [-0.39, 0.29) is 0 Å². The molecule has 0 radical (unpaired) electrons. The third-order valence-corrected chi connectivity index (χ3v) is 2.78. The zero-order chi connectivity index (χ0) is 11.8. The number of aromatic nitrogens is 3. The van der Waals surface area contributed by atoms with Crippen LogP contribution in [0.15, 0.2) is 42.6 Å². The van der Waals surface area contributed by atoms with E-state index in [2.05, 4.69) is 9.97 Å². The first-order valence-electron chi connectivity index (χ1n) is 5.42. The first kappa shape index (κ1) is 9.84. The summed E-state index contributed by atoms with van der Waals surface area (Å²) in [5.41, 5.74) is 9.58. The van der Waals surface area contributed by atoms with E-state index in [0.717, 1.165) is 22.7 Å². The fourth-order valence-corrected chi connectivity index (χ4v) is 1.97. The lowest BCUT2D eigenvalue weighted by molar-refractivity contribution is 1.10. The summed E-state index contributed by atoms with van der Waals surface area (Å²) >= 11 is 0. The van der Waals surface area contributed by atoms with Crippen LogP contribution in [0.2, 0.25) is 0 Å². The van der Waals surface area contributed by atoms with Crippen LogP contribution in [0.25, 0.3) is 17.0 Å². The number of nitrogen functional groups attached to an aromatic ring is 1. The molecule has 4 nitrogen and oxygen atoms in total. The first-order chi connectivity index (χ1) is 8.27. The maximum atomic E-state index is 6.13. The molecule has 0 unspecified atom stereocenters. The molecular weight excluding hydrogens is 212 g/mol. The molecule has 3 rings (SSSR count). The van der Waals surface area contributed by atoms with Gasteiger partial charge in [0.25, 0.3) is 0 Å². The van der Waals surface area contributed by atoms with E-state index < -0.39 is 0 Å². The van der Waals surface area contributed by atoms with Gasteiger partial charge in [0.2, 0.25) is 0 Å². The molecule has 3 aromatic heterocycles. The molecule has 0 atom stereocenters. The smallest absolute Gasteiger partial charge is 0.139 e. The number of hydrogen-bond acceptors (Lipinski definition) is 3. The molecule has 0 fully saturated rings. The van der Waals surface area contributed by atoms with Crippen molar-refractivity contribution in [3.05, 3.63) is 48.3 Å². The van der Waals surface area contributed by atoms with Crippen LogP contribution in [0, 0.1) is 6.92 Å². The lowest BCUT2D eigenvalue weighted by Gasteiger charge is -2.01. The maximum Gasteiger partial charge on any atom is 0.139 e. The average molecular weight is 224 g/mol. The Hall–Kier alpha value is -2.36. The highest BCUT2D eigenvalue weighted by Crippen LogP contribution is 2.25. The van der Waals surface area contributed by atoms with Crippen LogP contribution in [0.3, 0.4) is 0 Å². The Balaban J connectivity index is 2.33. The molecule has 0 aliphatic heterocycles. The molecule has 0 amide bonds. The van der Waals surface area contributed by atoms with E-state index in [0.29, 0.717) is 5.82 Å². The summed E-state index contributed by atoms with van der Waals surface area (Å²) in [4.78, 5) is 8.80. The highest BCUT2D eigenvalue weighted by molar-refractivity contribution is 5.72. The lowest BCUT2D eigenvalue weighted by Crippen LogP contribution is -1.97. The molecule has 0 bridgehead atoms. The average Bonchev–Trinajstić information content (AvgIpc) is 2.69. The van der Waals surface area contributed by atoms with Gasteiger partial charge in [-0.25, -0.2) is 4.98 Å². The first-order valence-corrected chi connectivity index (χ1v) is 5.42. The van der Waals surface area contributed by atoms with E-state index in [1.807, 2.05) is 47.7 Å². The molecule has 0 spiro atoms. The quantitative estimate of drug-likeness (QED) is 0.690. The molecule has 0 saturated heterocycles. The molecule has 0 aromatic carbocycles. The van der Waals surface area contributed by atoms with Crippen LogP contribution in [0.5, 0.6) is 0 Å². The number of anilines is 1. The second kappa shape index (κ2) is 3.59. The van der Waals surface area contributed by atoms with E-state index in [1.54, 1.807) is 6.20 Å². The Kier molecular flexibility index (Phi) is 2.08. The van der Waals surface area contributed by atoms with E-state index in [4.69, 9.17) is 5.73 Å². The minimum atomic E-state index is 0.636. The van der Waals surface area contributed by atoms with Crippen molar-refractivity contribution in [3.8, 4) is 11.4 Å². The Labute approximate surface area is 98.8 Å². The molecule has 84 valence electrons. The zero-order valence-electron chi connectivity index (χ0n) is 9.46. The van der Waals surface area contributed by atoms with E-state index in [1.165, 1.54) is 0 Å². The van der Waals surface area contributed by atoms with Gasteiger partial charge in [-0.1, -0.05) is 12.1 Å². The molecular formula is C13H12N4. The normalized spacial score (nSPS) is 10.9. The molecule has 2 N–H and O–H groups in total. The standard InChI is InChI=1S/C13H12N4/c1-9-5-4-7-11-16-12(13(14)17(9)11)10-6-2-3-8-15-10/h2-8H,14H2,1H3. The van der Waals surface area contributed by atoms with Crippen molar-refractivity contribution in [1.82, 2.24) is 14.4 Å². The van der Waals surface area contributed by atoms with Gasteiger partial charge in [0.1, 0.15) is 17.2 Å². The molecule has 3 heterocycles. The number of fused-ring (bicyclic) bond motifs is 1. The third-order valence-electron chi connectivity index (χ3n) is 2.78. The molecule has 4 heteroatoms. The van der Waals surface area contributed by atoms with Crippen molar-refractivity contribution in [2.24, 2.45) is 0 Å². The van der Waals surface area contributed by atoms with Crippen LogP contribution >= 0.6 is 0 Å². The number of imidazole rings is 1. The predicted octanol–water partition coefficient (Wildman–Crippen LogP) is 2.29. The van der Waals surface area contributed by atoms with Gasteiger partial charge in [-0.2, -0.15) is 0 Å². The predicted molar refractivity (Wildman–Crippen MR) is 67.6 cm³/mol. The Morgan fingerprint density at radius 2 is 2.00 bits per heavy atom. The summed E-state index contributed by atoms with van der Waals surface area (Å²) in [6.07, 6.45) is 1.74. The van der Waals surface area contributed by atoms with Crippen LogP contribution < -0.4 is 5.73 Å². The summed E-state index contributed by atoms with van der Waals surface area (Å²) in [5, 5.41) is 0. The summed E-state index contributed by atoms with van der Waals surface area (Å²) in [6, 6.07) is 11.6. The summed E-state index contributed by atoms with van der Waals surface area (Å²) in [7, 11) is 0. The fourth-order valence-electron chi connectivity index (χ4n) is 1.97. The van der Waals surface area contributed by atoms with Crippen LogP contribution in [-0.4, -0.2) is 14.4 Å². The zero-order valence-corrected chi connectivity index (χ0v) is 9.46. The van der Waals surface area contributed by atoms with Gasteiger partial charge in [0.15, 0.2) is 0 Å². The monoisotopic (exact) mass is 224 g/mol. The molecule has 17 heavy (non-hydrogen) atoms. The second-order valence-electron chi connectivity index (χ2n) is 3.92. The Morgan fingerprint density at radius 1 is 1.12 bits per heavy atom. The van der Waals surface area contributed by atoms with Gasteiger partial charge in [0, 0.05) is 11.9 Å². The van der Waals surface area contributed by atoms with Crippen molar-refractivity contribution >= 4 is 11.5 Å². The summed E-state index contributed by atoms with van der Waals surface area (Å²) in [6.45, 7) is 2.01. The van der Waals surface area contributed by atoms with Gasteiger partial charge < -0.3 is 5.73 Å². The van der Waals surface area contributed by atoms with Crippen LogP contribution in [-0.2, 0) is 0 Å². The minimum absolute atomic E-state index is 0.636. The summed E-state index contributed by atoms with van der Waals surface area (Å²) < 4.78 is 1.93. The lowest BCUT2D eigenvalue weighted by atomic mass is 10.3. The van der Waals surface area contributed by atoms with Crippen molar-refractivity contribution in [1.29, 1.82) is 0 Å².